The molecule has 0 bridgehead atoms. The predicted octanol–water partition coefficient (Wildman–Crippen LogP) is 3.57. The first kappa shape index (κ1) is 18.0. The molecule has 0 aliphatic heterocycles. The van der Waals surface area contributed by atoms with Crippen LogP contribution >= 0.6 is 0 Å². The van der Waals surface area contributed by atoms with E-state index in [1.165, 1.54) is 18.6 Å². The number of fused-ring (bicyclic) bond motifs is 1. The highest BCUT2D eigenvalue weighted by Crippen LogP contribution is 2.29. The number of aliphatic hydroxyl groups excluding tert-OH is 1. The molecular formula is C22H15FN6O. The molecule has 0 atom stereocenters. The van der Waals surface area contributed by atoms with Gasteiger partial charge in [-0.2, -0.15) is 0 Å². The van der Waals surface area contributed by atoms with E-state index in [9.17, 15) is 9.50 Å². The Balaban J connectivity index is 1.75. The zero-order chi connectivity index (χ0) is 20.5. The van der Waals surface area contributed by atoms with Crippen LogP contribution in [0.2, 0.25) is 0 Å². The number of hydrogen-bond donors (Lipinski definition) is 1. The van der Waals surface area contributed by atoms with Crippen LogP contribution in [-0.2, 0) is 6.61 Å². The molecule has 0 aliphatic rings. The number of benzene rings is 1. The minimum Gasteiger partial charge on any atom is -0.392 e. The third kappa shape index (κ3) is 3.19. The largest absolute Gasteiger partial charge is 0.392 e. The predicted molar refractivity (Wildman–Crippen MR) is 109 cm³/mol. The maximum Gasteiger partial charge on any atom is 0.165 e. The topological polar surface area (TPSA) is 89.6 Å². The molecule has 5 aromatic rings. The van der Waals surface area contributed by atoms with Gasteiger partial charge in [0.1, 0.15) is 23.5 Å². The fourth-order valence-electron chi connectivity index (χ4n) is 3.23. The van der Waals surface area contributed by atoms with E-state index in [2.05, 4.69) is 15.0 Å². The average molecular weight is 398 g/mol. The second-order valence-corrected chi connectivity index (χ2v) is 6.62. The summed E-state index contributed by atoms with van der Waals surface area (Å²) in [5, 5.41) is 9.36. The molecule has 0 amide bonds. The van der Waals surface area contributed by atoms with Crippen LogP contribution in [0.4, 0.5) is 4.39 Å². The van der Waals surface area contributed by atoms with E-state index < -0.39 is 5.82 Å². The fraction of sp³-hybridized carbons (Fsp3) is 0.0455. The lowest BCUT2D eigenvalue weighted by atomic mass is 10.2. The highest BCUT2D eigenvalue weighted by Gasteiger charge is 2.17. The fourth-order valence-corrected chi connectivity index (χ4v) is 3.23. The summed E-state index contributed by atoms with van der Waals surface area (Å²) < 4.78 is 15.2. The van der Waals surface area contributed by atoms with Gasteiger partial charge >= 0.3 is 0 Å². The quantitative estimate of drug-likeness (QED) is 0.498. The summed E-state index contributed by atoms with van der Waals surface area (Å²) in [5.74, 6) is 0.235. The lowest BCUT2D eigenvalue weighted by molar-refractivity contribution is 0.282. The van der Waals surface area contributed by atoms with Gasteiger partial charge in [-0.3, -0.25) is 9.55 Å². The van der Waals surface area contributed by atoms with Gasteiger partial charge in [-0.05, 0) is 42.0 Å². The maximum absolute atomic E-state index is 13.3. The van der Waals surface area contributed by atoms with E-state index in [1.54, 1.807) is 24.5 Å². The van der Waals surface area contributed by atoms with Crippen LogP contribution in [0, 0.1) is 5.82 Å². The number of aliphatic hydroxyl groups is 1. The van der Waals surface area contributed by atoms with E-state index in [0.717, 1.165) is 16.8 Å². The summed E-state index contributed by atoms with van der Waals surface area (Å²) >= 11 is 0. The third-order valence-corrected chi connectivity index (χ3v) is 4.69. The number of rotatable bonds is 4. The Kier molecular flexibility index (Phi) is 4.45. The lowest BCUT2D eigenvalue weighted by Crippen LogP contribution is -2.00. The van der Waals surface area contributed by atoms with Crippen molar-refractivity contribution in [3.63, 3.8) is 0 Å². The van der Waals surface area contributed by atoms with E-state index >= 15 is 0 Å². The van der Waals surface area contributed by atoms with Crippen LogP contribution in [0.3, 0.4) is 0 Å². The Labute approximate surface area is 170 Å². The standard InChI is InChI=1S/C22H15FN6O/c23-16-3-6-18(26-11-16)19-7-8-20-22(27-19)29(17-4-1-14(12-30)2-5-17)21(28-20)15-9-24-13-25-10-15/h1-11,13,30H,12H2. The summed E-state index contributed by atoms with van der Waals surface area (Å²) in [5.41, 5.74) is 4.84. The third-order valence-electron chi connectivity index (χ3n) is 4.69. The van der Waals surface area contributed by atoms with Crippen LogP contribution in [0.25, 0.3) is 39.6 Å². The van der Waals surface area contributed by atoms with Crippen LogP contribution in [0.5, 0.6) is 0 Å². The van der Waals surface area contributed by atoms with Gasteiger partial charge < -0.3 is 5.11 Å². The van der Waals surface area contributed by atoms with Gasteiger partial charge in [0.25, 0.3) is 0 Å². The molecule has 146 valence electrons. The van der Waals surface area contributed by atoms with Gasteiger partial charge in [0.05, 0.1) is 29.8 Å². The summed E-state index contributed by atoms with van der Waals surface area (Å²) in [4.78, 5) is 21.8. The molecule has 0 unspecified atom stereocenters. The molecule has 0 saturated heterocycles. The summed E-state index contributed by atoms with van der Waals surface area (Å²) in [7, 11) is 0. The van der Waals surface area contributed by atoms with Crippen molar-refractivity contribution in [1.29, 1.82) is 0 Å². The van der Waals surface area contributed by atoms with E-state index in [1.807, 2.05) is 34.9 Å². The summed E-state index contributed by atoms with van der Waals surface area (Å²) in [6.45, 7) is -0.0387. The molecule has 0 spiro atoms. The van der Waals surface area contributed by atoms with Crippen LogP contribution < -0.4 is 0 Å². The van der Waals surface area contributed by atoms with E-state index in [4.69, 9.17) is 9.97 Å². The average Bonchev–Trinajstić information content (AvgIpc) is 3.19. The van der Waals surface area contributed by atoms with Gasteiger partial charge in [-0.15, -0.1) is 0 Å². The van der Waals surface area contributed by atoms with Crippen LogP contribution in [0.15, 0.2) is 73.4 Å². The molecule has 4 aromatic heterocycles. The van der Waals surface area contributed by atoms with Gasteiger partial charge in [0.2, 0.25) is 0 Å². The number of hydrogen-bond acceptors (Lipinski definition) is 6. The van der Waals surface area contributed by atoms with Crippen molar-refractivity contribution in [3.05, 3.63) is 84.8 Å². The molecule has 1 N–H and O–H groups in total. The molecule has 0 saturated carbocycles. The normalized spacial score (nSPS) is 11.1. The zero-order valence-corrected chi connectivity index (χ0v) is 15.6. The van der Waals surface area contributed by atoms with Crippen molar-refractivity contribution in [3.8, 4) is 28.5 Å². The lowest BCUT2D eigenvalue weighted by Gasteiger charge is -2.10. The van der Waals surface area contributed by atoms with Crippen LogP contribution in [-0.4, -0.2) is 34.6 Å². The smallest absolute Gasteiger partial charge is 0.165 e. The van der Waals surface area contributed by atoms with Crippen molar-refractivity contribution in [2.24, 2.45) is 0 Å². The first-order valence-corrected chi connectivity index (χ1v) is 9.20. The maximum atomic E-state index is 13.3. The van der Waals surface area contributed by atoms with Crippen molar-refractivity contribution >= 4 is 11.2 Å². The van der Waals surface area contributed by atoms with Crippen molar-refractivity contribution in [2.45, 2.75) is 6.61 Å². The van der Waals surface area contributed by atoms with E-state index in [0.29, 0.717) is 28.4 Å². The molecule has 4 heterocycles. The summed E-state index contributed by atoms with van der Waals surface area (Å²) in [6.07, 6.45) is 6.01. The SMILES string of the molecule is OCc1ccc(-n2c(-c3cncnc3)nc3ccc(-c4ccc(F)cn4)nc32)cc1. The van der Waals surface area contributed by atoms with Crippen molar-refractivity contribution in [2.75, 3.05) is 0 Å². The number of nitrogens with zero attached hydrogens (tertiary/aromatic N) is 6. The molecule has 0 radical (unpaired) electrons. The second-order valence-electron chi connectivity index (χ2n) is 6.62. The van der Waals surface area contributed by atoms with Crippen molar-refractivity contribution in [1.82, 2.24) is 29.5 Å². The number of pyridine rings is 2. The molecule has 0 aliphatic carbocycles. The molecule has 0 fully saturated rings. The Morgan fingerprint density at radius 2 is 1.60 bits per heavy atom. The monoisotopic (exact) mass is 398 g/mol. The number of aromatic nitrogens is 6. The second kappa shape index (κ2) is 7.41. The summed E-state index contributed by atoms with van der Waals surface area (Å²) in [6, 6.07) is 14.1. The molecule has 8 heteroatoms. The number of halogens is 1. The molecular weight excluding hydrogens is 383 g/mol. The molecule has 30 heavy (non-hydrogen) atoms. The van der Waals surface area contributed by atoms with Gasteiger partial charge in [-0.1, -0.05) is 12.1 Å². The minimum absolute atomic E-state index is 0.0387. The Hall–Kier alpha value is -4.04. The Bertz CT molecular complexity index is 1320. The minimum atomic E-state index is -0.403. The first-order valence-electron chi connectivity index (χ1n) is 9.20. The van der Waals surface area contributed by atoms with Gasteiger partial charge in [-0.25, -0.2) is 24.3 Å². The van der Waals surface area contributed by atoms with Crippen LogP contribution in [0.1, 0.15) is 5.56 Å². The zero-order valence-electron chi connectivity index (χ0n) is 15.6. The number of imidazole rings is 1. The molecule has 7 nitrogen and oxygen atoms in total. The molecule has 5 rings (SSSR count). The Morgan fingerprint density at radius 3 is 2.30 bits per heavy atom. The van der Waals surface area contributed by atoms with E-state index in [-0.39, 0.29) is 6.61 Å². The van der Waals surface area contributed by atoms with Gasteiger partial charge in [0.15, 0.2) is 5.65 Å². The first-order chi connectivity index (χ1) is 14.7. The van der Waals surface area contributed by atoms with Gasteiger partial charge in [0, 0.05) is 18.1 Å². The Morgan fingerprint density at radius 1 is 0.833 bits per heavy atom. The van der Waals surface area contributed by atoms with Crippen molar-refractivity contribution < 1.29 is 9.50 Å². The highest BCUT2D eigenvalue weighted by atomic mass is 19.1. The highest BCUT2D eigenvalue weighted by molar-refractivity contribution is 5.82. The molecule has 1 aromatic carbocycles.